The summed E-state index contributed by atoms with van der Waals surface area (Å²) in [5, 5.41) is 4.84. The van der Waals surface area contributed by atoms with Gasteiger partial charge in [-0.05, 0) is 0 Å². The molecule has 0 N–H and O–H groups in total. The van der Waals surface area contributed by atoms with E-state index in [9.17, 15) is 0 Å². The van der Waals surface area contributed by atoms with Gasteiger partial charge < -0.3 is 0 Å². The van der Waals surface area contributed by atoms with Crippen LogP contribution in [0.4, 0.5) is 0 Å². The summed E-state index contributed by atoms with van der Waals surface area (Å²) < 4.78 is 0. The number of unbranched alkanes of at least 4 members (excludes halogenated alkanes) is 8. The number of halogens is 2. The van der Waals surface area contributed by atoms with Gasteiger partial charge in [0.05, 0.1) is 0 Å². The molecule has 0 atom stereocenters. The van der Waals surface area contributed by atoms with Crippen LogP contribution in [0.5, 0.6) is 0 Å². The predicted octanol–water partition coefficient (Wildman–Crippen LogP) is 9.13. The van der Waals surface area contributed by atoms with Crippen molar-refractivity contribution in [2.24, 2.45) is 0 Å². The molecule has 0 heterocycles. The molecule has 0 amide bonds. The Kier molecular flexibility index (Phi) is 11.4. The van der Waals surface area contributed by atoms with Gasteiger partial charge in [0.15, 0.2) is 0 Å². The van der Waals surface area contributed by atoms with Gasteiger partial charge in [0.2, 0.25) is 0 Å². The molecule has 0 saturated heterocycles. The third-order valence-electron chi connectivity index (χ3n) is 6.75. The Morgan fingerprint density at radius 2 is 0.912 bits per heavy atom. The topological polar surface area (TPSA) is 0 Å². The van der Waals surface area contributed by atoms with Crippen LogP contribution in [0, 0.1) is 0 Å². The van der Waals surface area contributed by atoms with Crippen molar-refractivity contribution in [3.63, 3.8) is 0 Å². The molecule has 0 radical (unpaired) electrons. The molecule has 0 spiro atoms. The Morgan fingerprint density at radius 3 is 1.32 bits per heavy atom. The third-order valence-corrected chi connectivity index (χ3v) is 14.5. The van der Waals surface area contributed by atoms with Gasteiger partial charge in [-0.3, -0.25) is 0 Å². The summed E-state index contributed by atoms with van der Waals surface area (Å²) in [7, 11) is 0. The van der Waals surface area contributed by atoms with Crippen LogP contribution in [0.25, 0.3) is 0 Å². The molecule has 3 rings (SSSR count). The van der Waals surface area contributed by atoms with Gasteiger partial charge in [0.25, 0.3) is 0 Å². The van der Waals surface area contributed by atoms with Crippen LogP contribution >= 0.6 is 33.1 Å². The fourth-order valence-corrected chi connectivity index (χ4v) is 10.9. The fourth-order valence-electron chi connectivity index (χ4n) is 4.79. The van der Waals surface area contributed by atoms with E-state index in [0.29, 0.717) is 0 Å². The molecule has 0 unspecified atom stereocenters. The number of alkyl halides is 1. The maximum atomic E-state index is 8.08. The molecule has 0 fully saturated rings. The van der Waals surface area contributed by atoms with Crippen molar-refractivity contribution in [3.05, 3.63) is 103 Å². The number of hydrogen-bond donors (Lipinski definition) is 0. The Balaban J connectivity index is 1.72. The van der Waals surface area contributed by atoms with Gasteiger partial charge in [-0.1, -0.05) is 15.9 Å². The van der Waals surface area contributed by atoms with Crippen LogP contribution in [0.1, 0.15) is 57.8 Å². The molecular formula is C31H39BrClP. The summed E-state index contributed by atoms with van der Waals surface area (Å²) >= 11 is 11.6. The Bertz CT molecular complexity index is 873. The van der Waals surface area contributed by atoms with Crippen molar-refractivity contribution in [3.8, 4) is 0 Å². The van der Waals surface area contributed by atoms with E-state index < -0.39 is 5.96 Å². The summed E-state index contributed by atoms with van der Waals surface area (Å²) in [5.41, 5.74) is 0. The van der Waals surface area contributed by atoms with E-state index in [0.717, 1.165) is 17.9 Å². The average molecular weight is 558 g/mol. The van der Waals surface area contributed by atoms with Gasteiger partial charge in [-0.2, -0.15) is 0 Å². The Hall–Kier alpha value is -1.40. The first kappa shape index (κ1) is 27.2. The van der Waals surface area contributed by atoms with Gasteiger partial charge in [0.1, 0.15) is 0 Å². The maximum absolute atomic E-state index is 8.08. The second-order valence-electron chi connectivity index (χ2n) is 9.15. The predicted molar refractivity (Wildman–Crippen MR) is 160 cm³/mol. The molecular weight excluding hydrogens is 519 g/mol. The normalized spacial score (nSPS) is 13.1. The van der Waals surface area contributed by atoms with E-state index in [2.05, 4.69) is 119 Å². The molecule has 0 saturated carbocycles. The third kappa shape index (κ3) is 6.84. The average Bonchev–Trinajstić information content (AvgIpc) is 2.91. The summed E-state index contributed by atoms with van der Waals surface area (Å²) in [5.74, 6) is -3.15. The minimum atomic E-state index is -3.15. The molecule has 0 nitrogen and oxygen atoms in total. The zero-order valence-electron chi connectivity index (χ0n) is 20.3. The van der Waals surface area contributed by atoms with E-state index in [-0.39, 0.29) is 0 Å². The molecule has 0 aromatic heterocycles. The first-order valence-electron chi connectivity index (χ1n) is 12.8. The summed E-state index contributed by atoms with van der Waals surface area (Å²) in [6.07, 6.45) is 17.4. The molecule has 0 aliphatic heterocycles. The second kappa shape index (κ2) is 14.2. The van der Waals surface area contributed by atoms with E-state index >= 15 is 0 Å². The van der Waals surface area contributed by atoms with Crippen LogP contribution in [0.3, 0.4) is 0 Å². The van der Waals surface area contributed by atoms with Crippen LogP contribution in [0.2, 0.25) is 0 Å². The summed E-state index contributed by atoms with van der Waals surface area (Å²) in [4.78, 5) is 0. The van der Waals surface area contributed by atoms with Gasteiger partial charge in [0, 0.05) is 5.33 Å². The molecule has 3 aromatic rings. The van der Waals surface area contributed by atoms with Crippen molar-refractivity contribution in [1.29, 1.82) is 0 Å². The van der Waals surface area contributed by atoms with Crippen molar-refractivity contribution in [1.82, 2.24) is 0 Å². The summed E-state index contributed by atoms with van der Waals surface area (Å²) in [6.45, 7) is 0. The molecule has 3 aromatic carbocycles. The number of allylic oxidation sites excluding steroid dienone is 2. The van der Waals surface area contributed by atoms with Crippen LogP contribution < -0.4 is 15.9 Å². The molecule has 182 valence electrons. The Morgan fingerprint density at radius 1 is 0.529 bits per heavy atom. The van der Waals surface area contributed by atoms with Gasteiger partial charge in [-0.15, -0.1) is 0 Å². The minimum absolute atomic E-state index is 0.832. The number of hydrogen-bond acceptors (Lipinski definition) is 0. The van der Waals surface area contributed by atoms with Crippen LogP contribution in [-0.4, -0.2) is 11.5 Å². The monoisotopic (exact) mass is 556 g/mol. The number of benzene rings is 3. The van der Waals surface area contributed by atoms with E-state index in [4.69, 9.17) is 11.2 Å². The van der Waals surface area contributed by atoms with Crippen molar-refractivity contribution >= 4 is 49.0 Å². The van der Waals surface area contributed by atoms with E-state index in [1.165, 1.54) is 67.3 Å². The van der Waals surface area contributed by atoms with Gasteiger partial charge >= 0.3 is 200 Å². The molecule has 34 heavy (non-hydrogen) atoms. The second-order valence-corrected chi connectivity index (χ2v) is 16.5. The standard InChI is InChI=1S/C31H39BrClP/c32-27-19-8-6-4-2-1-3-5-7-9-20-28-34(33,29-21-13-10-14-22-29,30-23-15-11-16-24-30)31-25-17-12-18-26-31/h9-18,20-26H,1-8,19,27-28H2. The fraction of sp³-hybridized carbons (Fsp3) is 0.355. The first-order chi connectivity index (χ1) is 16.7. The first-order valence-corrected chi connectivity index (χ1v) is 17.3. The van der Waals surface area contributed by atoms with Crippen LogP contribution in [0.15, 0.2) is 103 Å². The van der Waals surface area contributed by atoms with Crippen LogP contribution in [-0.2, 0) is 0 Å². The molecule has 0 aliphatic carbocycles. The van der Waals surface area contributed by atoms with Crippen molar-refractivity contribution in [2.75, 3.05) is 11.5 Å². The van der Waals surface area contributed by atoms with E-state index in [1.54, 1.807) is 0 Å². The van der Waals surface area contributed by atoms with Crippen molar-refractivity contribution < 1.29 is 0 Å². The number of rotatable bonds is 15. The quantitative estimate of drug-likeness (QED) is 0.0756. The van der Waals surface area contributed by atoms with Gasteiger partial charge in [-0.25, -0.2) is 0 Å². The molecule has 3 heteroatoms. The van der Waals surface area contributed by atoms with Crippen molar-refractivity contribution in [2.45, 2.75) is 57.8 Å². The Labute approximate surface area is 220 Å². The SMILES string of the molecule is ClP(CC=CCCCCCCCCCCBr)(c1ccccc1)(c1ccccc1)c1ccccc1. The zero-order chi connectivity index (χ0) is 24.0. The summed E-state index contributed by atoms with van der Waals surface area (Å²) in [6, 6.07) is 32.3. The van der Waals surface area contributed by atoms with E-state index in [1.807, 2.05) is 0 Å². The molecule has 0 bridgehead atoms. The molecule has 0 aliphatic rings. The zero-order valence-corrected chi connectivity index (χ0v) is 23.5.